The van der Waals surface area contributed by atoms with E-state index < -0.39 is 72.4 Å². The second kappa shape index (κ2) is 14.3. The second-order valence-electron chi connectivity index (χ2n) is 7.41. The van der Waals surface area contributed by atoms with Gasteiger partial charge in [0.2, 0.25) is 23.6 Å². The van der Waals surface area contributed by atoms with Crippen LogP contribution in [0.15, 0.2) is 0 Å². The van der Waals surface area contributed by atoms with Crippen molar-refractivity contribution in [3.63, 3.8) is 0 Å². The number of aliphatic hydroxyl groups is 2. The van der Waals surface area contributed by atoms with Crippen LogP contribution in [0.25, 0.3) is 0 Å². The largest absolute Gasteiger partial charge is 0.480 e. The van der Waals surface area contributed by atoms with Crippen molar-refractivity contribution >= 4 is 29.6 Å². The monoisotopic (exact) mass is 462 g/mol. The minimum absolute atomic E-state index is 0.0720. The Hall–Kier alpha value is -2.81. The Morgan fingerprint density at radius 2 is 1.38 bits per heavy atom. The number of hydrogen-bond donors (Lipinski definition) is 9. The van der Waals surface area contributed by atoms with Gasteiger partial charge >= 0.3 is 5.97 Å². The molecule has 0 aromatic carbocycles. The predicted molar refractivity (Wildman–Crippen MR) is 111 cm³/mol. The van der Waals surface area contributed by atoms with Gasteiger partial charge in [0.1, 0.15) is 12.1 Å². The van der Waals surface area contributed by atoms with Crippen molar-refractivity contribution in [2.75, 3.05) is 6.54 Å². The molecule has 6 atom stereocenters. The van der Waals surface area contributed by atoms with Gasteiger partial charge < -0.3 is 48.5 Å². The van der Waals surface area contributed by atoms with Crippen LogP contribution >= 0.6 is 0 Å². The summed E-state index contributed by atoms with van der Waals surface area (Å²) in [4.78, 5) is 59.5. The van der Waals surface area contributed by atoms with Gasteiger partial charge in [-0.25, -0.2) is 4.79 Å². The van der Waals surface area contributed by atoms with Crippen molar-refractivity contribution in [3.05, 3.63) is 0 Å². The number of hydrogen-bond acceptors (Lipinski definition) is 9. The molecule has 0 aliphatic rings. The fourth-order valence-electron chi connectivity index (χ4n) is 2.64. The van der Waals surface area contributed by atoms with Gasteiger partial charge in [-0.3, -0.25) is 19.2 Å². The maximum atomic E-state index is 12.7. The van der Waals surface area contributed by atoms with E-state index in [9.17, 15) is 34.2 Å². The summed E-state index contributed by atoms with van der Waals surface area (Å²) in [7, 11) is 0. The average molecular weight is 463 g/mol. The van der Waals surface area contributed by atoms with Crippen molar-refractivity contribution in [3.8, 4) is 0 Å². The number of rotatable bonds is 15. The second-order valence-corrected chi connectivity index (χ2v) is 7.41. The summed E-state index contributed by atoms with van der Waals surface area (Å²) in [6, 6.07) is -5.74. The molecule has 14 heteroatoms. The molecule has 0 rings (SSSR count). The van der Waals surface area contributed by atoms with Gasteiger partial charge in [0.25, 0.3) is 0 Å². The van der Waals surface area contributed by atoms with Gasteiger partial charge in [0, 0.05) is 0 Å². The molecule has 0 radical (unpaired) electrons. The lowest BCUT2D eigenvalue weighted by molar-refractivity contribution is -0.145. The number of nitrogens with two attached hydrogens (primary N) is 3. The Kier molecular flexibility index (Phi) is 13.0. The van der Waals surface area contributed by atoms with Crippen LogP contribution in [-0.4, -0.2) is 87.8 Å². The maximum absolute atomic E-state index is 12.7. The molecule has 0 aliphatic heterocycles. The highest BCUT2D eigenvalue weighted by molar-refractivity contribution is 5.95. The molecule has 0 aromatic rings. The number of carboxylic acids is 1. The third-order valence-electron chi connectivity index (χ3n) is 4.45. The first kappa shape index (κ1) is 29.2. The zero-order chi connectivity index (χ0) is 25.0. The lowest BCUT2D eigenvalue weighted by Gasteiger charge is -2.26. The number of nitrogens with one attached hydrogen (secondary N) is 3. The lowest BCUT2D eigenvalue weighted by Crippen LogP contribution is -2.60. The highest BCUT2D eigenvalue weighted by atomic mass is 16.4. The topological polar surface area (TPSA) is 260 Å². The number of unbranched alkanes of at least 4 members (excludes halogenated alkanes) is 1. The normalized spacial score (nSPS) is 16.6. The fourth-order valence-corrected chi connectivity index (χ4v) is 2.64. The maximum Gasteiger partial charge on any atom is 0.328 e. The molecule has 0 fully saturated rings. The molecule has 32 heavy (non-hydrogen) atoms. The molecule has 12 N–H and O–H groups in total. The van der Waals surface area contributed by atoms with Crippen molar-refractivity contribution in [2.45, 2.75) is 75.9 Å². The summed E-state index contributed by atoms with van der Waals surface area (Å²) in [6.45, 7) is 2.70. The predicted octanol–water partition coefficient (Wildman–Crippen LogP) is -4.38. The van der Waals surface area contributed by atoms with E-state index in [0.717, 1.165) is 0 Å². The Balaban J connectivity index is 5.43. The van der Waals surface area contributed by atoms with E-state index in [1.807, 2.05) is 0 Å². The van der Waals surface area contributed by atoms with Gasteiger partial charge in [-0.15, -0.1) is 0 Å². The van der Waals surface area contributed by atoms with Gasteiger partial charge in [-0.05, 0) is 39.7 Å². The number of aliphatic hydroxyl groups excluding tert-OH is 2. The molecule has 184 valence electrons. The van der Waals surface area contributed by atoms with Crippen molar-refractivity contribution in [1.82, 2.24) is 16.0 Å². The van der Waals surface area contributed by atoms with E-state index in [1.165, 1.54) is 13.8 Å². The first-order chi connectivity index (χ1) is 14.8. The van der Waals surface area contributed by atoms with Crippen LogP contribution in [0.4, 0.5) is 0 Å². The summed E-state index contributed by atoms with van der Waals surface area (Å²) >= 11 is 0. The Bertz CT molecular complexity index is 672. The molecular formula is C18H34N6O8. The molecule has 0 saturated heterocycles. The molecule has 6 unspecified atom stereocenters. The molecule has 0 aromatic heterocycles. The summed E-state index contributed by atoms with van der Waals surface area (Å²) in [6.07, 6.45) is -2.32. The van der Waals surface area contributed by atoms with Crippen LogP contribution in [0.2, 0.25) is 0 Å². The number of primary amides is 1. The Morgan fingerprint density at radius 1 is 0.844 bits per heavy atom. The van der Waals surface area contributed by atoms with Crippen molar-refractivity contribution in [1.29, 1.82) is 0 Å². The molecule has 0 heterocycles. The van der Waals surface area contributed by atoms with E-state index in [4.69, 9.17) is 22.3 Å². The van der Waals surface area contributed by atoms with Crippen molar-refractivity contribution in [2.24, 2.45) is 17.2 Å². The van der Waals surface area contributed by atoms with Crippen LogP contribution in [0, 0.1) is 0 Å². The molecule has 0 bridgehead atoms. The van der Waals surface area contributed by atoms with Gasteiger partial charge in [0.15, 0.2) is 6.04 Å². The first-order valence-electron chi connectivity index (χ1n) is 10.1. The Morgan fingerprint density at radius 3 is 1.81 bits per heavy atom. The number of carbonyl (C=O) groups excluding carboxylic acids is 4. The van der Waals surface area contributed by atoms with Crippen LogP contribution in [0.5, 0.6) is 0 Å². The SMILES string of the molecule is CC(O)C(NC(=O)C(CCCCN)NC(=O)C(NC(=O)C(N)CC(N)=O)C(C)O)C(=O)O. The molecule has 0 spiro atoms. The third kappa shape index (κ3) is 10.5. The summed E-state index contributed by atoms with van der Waals surface area (Å²) in [5, 5.41) is 35.3. The van der Waals surface area contributed by atoms with Crippen LogP contribution in [0.1, 0.15) is 39.5 Å². The number of amides is 4. The first-order valence-corrected chi connectivity index (χ1v) is 10.1. The van der Waals surface area contributed by atoms with Gasteiger partial charge in [-0.2, -0.15) is 0 Å². The molecule has 14 nitrogen and oxygen atoms in total. The third-order valence-corrected chi connectivity index (χ3v) is 4.45. The zero-order valence-corrected chi connectivity index (χ0v) is 18.1. The number of carboxylic acid groups (broad SMARTS) is 1. The van der Waals surface area contributed by atoms with Crippen LogP contribution in [0.3, 0.4) is 0 Å². The smallest absolute Gasteiger partial charge is 0.328 e. The lowest BCUT2D eigenvalue weighted by atomic mass is 10.0. The molecule has 0 saturated carbocycles. The van der Waals surface area contributed by atoms with E-state index in [-0.39, 0.29) is 6.42 Å². The summed E-state index contributed by atoms with van der Waals surface area (Å²) < 4.78 is 0. The molecule has 4 amide bonds. The Labute approximate surface area is 185 Å². The van der Waals surface area contributed by atoms with Crippen LogP contribution in [-0.2, 0) is 24.0 Å². The standard InChI is InChI=1S/C18H34N6O8/c1-8(25)13(23-15(28)10(20)7-12(21)27)17(30)22-11(5-3-4-6-19)16(29)24-14(9(2)26)18(31)32/h8-11,13-14,25-26H,3-7,19-20H2,1-2H3,(H2,21,27)(H,22,30)(H,23,28)(H,24,29)(H,31,32). The van der Waals surface area contributed by atoms with Gasteiger partial charge in [-0.1, -0.05) is 0 Å². The van der Waals surface area contributed by atoms with Gasteiger partial charge in [0.05, 0.1) is 24.7 Å². The van der Waals surface area contributed by atoms with E-state index in [2.05, 4.69) is 16.0 Å². The van der Waals surface area contributed by atoms with Crippen LogP contribution < -0.4 is 33.2 Å². The fraction of sp³-hybridized carbons (Fsp3) is 0.722. The average Bonchev–Trinajstić information content (AvgIpc) is 2.67. The quantitative estimate of drug-likeness (QED) is 0.105. The summed E-state index contributed by atoms with van der Waals surface area (Å²) in [5.41, 5.74) is 15.9. The molecule has 0 aliphatic carbocycles. The minimum Gasteiger partial charge on any atom is -0.480 e. The van der Waals surface area contributed by atoms with Crippen molar-refractivity contribution < 1.29 is 39.3 Å². The zero-order valence-electron chi connectivity index (χ0n) is 18.1. The van der Waals surface area contributed by atoms with E-state index in [0.29, 0.717) is 19.4 Å². The minimum atomic E-state index is -1.62. The highest BCUT2D eigenvalue weighted by Crippen LogP contribution is 2.05. The highest BCUT2D eigenvalue weighted by Gasteiger charge is 2.33. The van der Waals surface area contributed by atoms with E-state index in [1.54, 1.807) is 0 Å². The van der Waals surface area contributed by atoms with E-state index >= 15 is 0 Å². The molecular weight excluding hydrogens is 428 g/mol. The number of aliphatic carboxylic acids is 1. The number of carbonyl (C=O) groups is 5. The summed E-state index contributed by atoms with van der Waals surface area (Å²) in [5.74, 6) is -5.07.